The van der Waals surface area contributed by atoms with E-state index >= 15 is 0 Å². The molecule has 92 valence electrons. The zero-order valence-electron chi connectivity index (χ0n) is 10.2. The van der Waals surface area contributed by atoms with Crippen molar-refractivity contribution < 1.29 is 4.79 Å². The van der Waals surface area contributed by atoms with E-state index in [4.69, 9.17) is 11.6 Å². The summed E-state index contributed by atoms with van der Waals surface area (Å²) in [5.74, 6) is 1.03. The van der Waals surface area contributed by atoms with Crippen LogP contribution < -0.4 is 5.32 Å². The molecule has 0 amide bonds. The summed E-state index contributed by atoms with van der Waals surface area (Å²) in [6.07, 6.45) is 0. The van der Waals surface area contributed by atoms with Crippen LogP contribution in [-0.4, -0.2) is 18.2 Å². The lowest BCUT2D eigenvalue weighted by molar-refractivity contribution is 0.101. The van der Waals surface area contributed by atoms with Crippen LogP contribution in [0.1, 0.15) is 28.8 Å². The summed E-state index contributed by atoms with van der Waals surface area (Å²) in [4.78, 5) is 11.8. The van der Waals surface area contributed by atoms with Crippen molar-refractivity contribution in [2.75, 3.05) is 17.7 Å². The van der Waals surface area contributed by atoms with Crippen molar-refractivity contribution in [3.63, 3.8) is 0 Å². The molecule has 0 aromatic heterocycles. The minimum atomic E-state index is 0.102. The molecule has 0 aliphatic carbocycles. The highest BCUT2D eigenvalue weighted by atomic mass is 35.5. The lowest BCUT2D eigenvalue weighted by Gasteiger charge is -2.12. The minimum absolute atomic E-state index is 0.102. The maximum absolute atomic E-state index is 11.8. The third-order valence-electron chi connectivity index (χ3n) is 3.60. The topological polar surface area (TPSA) is 29.1 Å². The molecule has 1 heterocycles. The van der Waals surface area contributed by atoms with Crippen LogP contribution in [0.15, 0.2) is 30.3 Å². The molecule has 18 heavy (non-hydrogen) atoms. The second-order valence-corrected chi connectivity index (χ2v) is 5.03. The molecule has 2 aromatic rings. The third-order valence-corrected chi connectivity index (χ3v) is 3.97. The number of Topliss-reactive ketones (excluding diaryl/α,β-unsaturated/α-hetero) is 1. The predicted octanol–water partition coefficient (Wildman–Crippen LogP) is 3.79. The van der Waals surface area contributed by atoms with Gasteiger partial charge in [-0.15, -0.1) is 11.6 Å². The van der Waals surface area contributed by atoms with E-state index in [1.165, 1.54) is 5.56 Å². The number of anilines is 1. The highest BCUT2D eigenvalue weighted by molar-refractivity contribution is 6.19. The first kappa shape index (κ1) is 11.5. The highest BCUT2D eigenvalue weighted by Crippen LogP contribution is 2.39. The maximum Gasteiger partial charge on any atom is 0.160 e. The second kappa shape index (κ2) is 4.29. The Labute approximate surface area is 111 Å². The Bertz CT molecular complexity index is 636. The van der Waals surface area contributed by atoms with E-state index in [1.807, 2.05) is 24.3 Å². The van der Waals surface area contributed by atoms with Gasteiger partial charge >= 0.3 is 0 Å². The quantitative estimate of drug-likeness (QED) is 0.657. The average molecular weight is 260 g/mol. The van der Waals surface area contributed by atoms with Crippen LogP contribution in [-0.2, 0) is 0 Å². The van der Waals surface area contributed by atoms with Gasteiger partial charge in [-0.1, -0.05) is 24.3 Å². The fourth-order valence-corrected chi connectivity index (χ4v) is 3.01. The van der Waals surface area contributed by atoms with Crippen LogP contribution in [0.5, 0.6) is 0 Å². The van der Waals surface area contributed by atoms with E-state index in [9.17, 15) is 4.79 Å². The summed E-state index contributed by atoms with van der Waals surface area (Å²) in [5, 5.41) is 5.53. The molecule has 0 radical (unpaired) electrons. The van der Waals surface area contributed by atoms with Gasteiger partial charge in [-0.3, -0.25) is 4.79 Å². The Balaban J connectivity index is 2.38. The van der Waals surface area contributed by atoms with Crippen molar-refractivity contribution in [1.29, 1.82) is 0 Å². The van der Waals surface area contributed by atoms with E-state index < -0.39 is 0 Å². The first-order valence-corrected chi connectivity index (χ1v) is 6.62. The molecule has 0 spiro atoms. The maximum atomic E-state index is 11.8. The number of benzene rings is 2. The fraction of sp³-hybridized carbons (Fsp3) is 0.267. The zero-order chi connectivity index (χ0) is 12.7. The van der Waals surface area contributed by atoms with Crippen molar-refractivity contribution >= 4 is 33.8 Å². The monoisotopic (exact) mass is 259 g/mol. The average Bonchev–Trinajstić information content (AvgIpc) is 2.80. The van der Waals surface area contributed by atoms with Crippen LogP contribution in [0.25, 0.3) is 10.8 Å². The largest absolute Gasteiger partial charge is 0.384 e. The number of halogens is 1. The van der Waals surface area contributed by atoms with Crippen molar-refractivity contribution in [2.24, 2.45) is 0 Å². The Morgan fingerprint density at radius 2 is 2.11 bits per heavy atom. The van der Waals surface area contributed by atoms with E-state index in [0.717, 1.165) is 28.6 Å². The molecule has 1 aliphatic heterocycles. The van der Waals surface area contributed by atoms with Gasteiger partial charge < -0.3 is 5.32 Å². The summed E-state index contributed by atoms with van der Waals surface area (Å²) in [7, 11) is 0. The number of hydrogen-bond acceptors (Lipinski definition) is 2. The molecular formula is C15H14ClNO. The number of rotatable bonds is 2. The Hall–Kier alpha value is -1.54. The van der Waals surface area contributed by atoms with Crippen molar-refractivity contribution in [1.82, 2.24) is 0 Å². The van der Waals surface area contributed by atoms with Gasteiger partial charge in [-0.2, -0.15) is 0 Å². The number of ketones is 1. The number of nitrogens with one attached hydrogen (secondary N) is 1. The Morgan fingerprint density at radius 1 is 1.39 bits per heavy atom. The van der Waals surface area contributed by atoms with Gasteiger partial charge in [0.15, 0.2) is 5.78 Å². The standard InChI is InChI=1S/C15H14ClNO/c1-9(18)13-6-14-15(10(7-16)8-17-14)12-5-3-2-4-11(12)13/h2-6,10,17H,7-8H2,1H3/t10-/m1/s1. The zero-order valence-corrected chi connectivity index (χ0v) is 10.9. The summed E-state index contributed by atoms with van der Waals surface area (Å²) < 4.78 is 0. The van der Waals surface area contributed by atoms with Crippen LogP contribution in [0.4, 0.5) is 5.69 Å². The predicted molar refractivity (Wildman–Crippen MR) is 75.9 cm³/mol. The lowest BCUT2D eigenvalue weighted by atomic mass is 9.92. The molecule has 0 saturated carbocycles. The Kier molecular flexibility index (Phi) is 2.75. The van der Waals surface area contributed by atoms with Gasteiger partial charge in [0.1, 0.15) is 0 Å². The number of hydrogen-bond donors (Lipinski definition) is 1. The van der Waals surface area contributed by atoms with Gasteiger partial charge in [0.25, 0.3) is 0 Å². The SMILES string of the molecule is CC(=O)c1cc2c(c3ccccc13)[C@H](CCl)CN2. The number of fused-ring (bicyclic) bond motifs is 3. The lowest BCUT2D eigenvalue weighted by Crippen LogP contribution is -2.03. The van der Waals surface area contributed by atoms with Gasteiger partial charge in [0.05, 0.1) is 0 Å². The fourth-order valence-electron chi connectivity index (χ4n) is 2.74. The minimum Gasteiger partial charge on any atom is -0.384 e. The molecule has 2 nitrogen and oxygen atoms in total. The van der Waals surface area contributed by atoms with Gasteiger partial charge in [-0.25, -0.2) is 0 Å². The van der Waals surface area contributed by atoms with Crippen molar-refractivity contribution in [3.8, 4) is 0 Å². The van der Waals surface area contributed by atoms with Gasteiger partial charge in [0, 0.05) is 29.6 Å². The molecule has 1 N–H and O–H groups in total. The normalized spacial score (nSPS) is 17.6. The molecule has 0 fully saturated rings. The van der Waals surface area contributed by atoms with Crippen molar-refractivity contribution in [3.05, 3.63) is 41.5 Å². The number of alkyl halides is 1. The van der Waals surface area contributed by atoms with Gasteiger partial charge in [-0.05, 0) is 29.3 Å². The third kappa shape index (κ3) is 1.60. The molecule has 0 bridgehead atoms. The molecular weight excluding hydrogens is 246 g/mol. The summed E-state index contributed by atoms with van der Waals surface area (Å²) in [6, 6.07) is 10.0. The van der Waals surface area contributed by atoms with E-state index in [2.05, 4.69) is 11.4 Å². The summed E-state index contributed by atoms with van der Waals surface area (Å²) in [5.41, 5.74) is 3.10. The highest BCUT2D eigenvalue weighted by Gasteiger charge is 2.25. The van der Waals surface area contributed by atoms with Crippen LogP contribution in [0.3, 0.4) is 0 Å². The second-order valence-electron chi connectivity index (χ2n) is 4.72. The molecule has 1 aliphatic rings. The molecule has 3 rings (SSSR count). The molecule has 1 atom stereocenters. The smallest absolute Gasteiger partial charge is 0.160 e. The van der Waals surface area contributed by atoms with Crippen LogP contribution in [0, 0.1) is 0 Å². The number of carbonyl (C=O) groups excluding carboxylic acids is 1. The van der Waals surface area contributed by atoms with E-state index in [-0.39, 0.29) is 5.78 Å². The summed E-state index contributed by atoms with van der Waals surface area (Å²) >= 11 is 6.03. The molecule has 3 heteroatoms. The molecule has 2 aromatic carbocycles. The summed E-state index contributed by atoms with van der Waals surface area (Å²) in [6.45, 7) is 2.46. The first-order chi connectivity index (χ1) is 8.72. The molecule has 0 unspecified atom stereocenters. The van der Waals surface area contributed by atoms with E-state index in [1.54, 1.807) is 6.92 Å². The van der Waals surface area contributed by atoms with Crippen LogP contribution >= 0.6 is 11.6 Å². The first-order valence-electron chi connectivity index (χ1n) is 6.08. The number of carbonyl (C=O) groups is 1. The van der Waals surface area contributed by atoms with Gasteiger partial charge in [0.2, 0.25) is 0 Å². The van der Waals surface area contributed by atoms with Crippen LogP contribution in [0.2, 0.25) is 0 Å². The Morgan fingerprint density at radius 3 is 2.78 bits per heavy atom. The van der Waals surface area contributed by atoms with Crippen molar-refractivity contribution in [2.45, 2.75) is 12.8 Å². The van der Waals surface area contributed by atoms with E-state index in [0.29, 0.717) is 11.8 Å². The molecule has 0 saturated heterocycles.